The lowest BCUT2D eigenvalue weighted by Crippen LogP contribution is -2.48. The minimum absolute atomic E-state index is 0.0228. The molecule has 4 nitrogen and oxygen atoms in total. The molecule has 0 bridgehead atoms. The molecule has 0 spiro atoms. The van der Waals surface area contributed by atoms with E-state index in [0.29, 0.717) is 28.0 Å². The first-order chi connectivity index (χ1) is 7.99. The Balaban J connectivity index is 2.29. The van der Waals surface area contributed by atoms with Crippen molar-refractivity contribution in [3.05, 3.63) is 21.5 Å². The van der Waals surface area contributed by atoms with Crippen LogP contribution in [0.2, 0.25) is 0 Å². The maximum absolute atomic E-state index is 13.5. The fourth-order valence-electron chi connectivity index (χ4n) is 1.79. The SMILES string of the molecule is CN1CCN(c2cc(F)c(I)cc2N)CC1=O. The summed E-state index contributed by atoms with van der Waals surface area (Å²) in [6.07, 6.45) is 0. The highest BCUT2D eigenvalue weighted by Gasteiger charge is 2.23. The van der Waals surface area contributed by atoms with E-state index in [0.717, 1.165) is 0 Å². The van der Waals surface area contributed by atoms with Crippen LogP contribution in [-0.2, 0) is 4.79 Å². The van der Waals surface area contributed by atoms with Crippen molar-refractivity contribution in [2.45, 2.75) is 0 Å². The highest BCUT2D eigenvalue weighted by molar-refractivity contribution is 14.1. The predicted octanol–water partition coefficient (Wildman–Crippen LogP) is 1.29. The molecule has 1 aromatic carbocycles. The lowest BCUT2D eigenvalue weighted by atomic mass is 10.2. The molecule has 2 N–H and O–H groups in total. The molecule has 0 saturated carbocycles. The van der Waals surface area contributed by atoms with Crippen LogP contribution in [0.1, 0.15) is 0 Å². The van der Waals surface area contributed by atoms with Gasteiger partial charge in [0.25, 0.3) is 0 Å². The van der Waals surface area contributed by atoms with Crippen molar-refractivity contribution in [1.82, 2.24) is 4.90 Å². The van der Waals surface area contributed by atoms with Crippen LogP contribution < -0.4 is 10.6 Å². The smallest absolute Gasteiger partial charge is 0.241 e. The van der Waals surface area contributed by atoms with Crippen LogP contribution in [-0.4, -0.2) is 37.5 Å². The molecule has 0 unspecified atom stereocenters. The molecule has 1 heterocycles. The average Bonchev–Trinajstić information content (AvgIpc) is 2.27. The van der Waals surface area contributed by atoms with Gasteiger partial charge in [0, 0.05) is 26.2 Å². The molecule has 92 valence electrons. The maximum Gasteiger partial charge on any atom is 0.241 e. The summed E-state index contributed by atoms with van der Waals surface area (Å²) in [6, 6.07) is 2.99. The first-order valence-electron chi connectivity index (χ1n) is 5.22. The third-order valence-electron chi connectivity index (χ3n) is 2.87. The van der Waals surface area contributed by atoms with Crippen molar-refractivity contribution in [1.29, 1.82) is 0 Å². The molecule has 1 aliphatic rings. The highest BCUT2D eigenvalue weighted by Crippen LogP contribution is 2.28. The zero-order valence-corrected chi connectivity index (χ0v) is 11.6. The Hall–Kier alpha value is -1.05. The van der Waals surface area contributed by atoms with Crippen LogP contribution in [0.25, 0.3) is 0 Å². The number of likely N-dealkylation sites (N-methyl/N-ethyl adjacent to an activating group) is 1. The molecule has 17 heavy (non-hydrogen) atoms. The Morgan fingerprint density at radius 1 is 1.41 bits per heavy atom. The van der Waals surface area contributed by atoms with Crippen molar-refractivity contribution in [2.75, 3.05) is 37.3 Å². The van der Waals surface area contributed by atoms with E-state index in [-0.39, 0.29) is 18.3 Å². The average molecular weight is 349 g/mol. The van der Waals surface area contributed by atoms with Gasteiger partial charge in [0.05, 0.1) is 21.5 Å². The van der Waals surface area contributed by atoms with E-state index in [4.69, 9.17) is 5.73 Å². The molecule has 1 aliphatic heterocycles. The summed E-state index contributed by atoms with van der Waals surface area (Å²) in [5.74, 6) is -0.282. The molecular weight excluding hydrogens is 336 g/mol. The standard InChI is InChI=1S/C11H13FIN3O/c1-15-2-3-16(6-11(15)17)10-4-7(12)8(13)5-9(10)14/h4-5H,2-3,6,14H2,1H3. The molecule has 1 fully saturated rings. The number of halogens is 2. The van der Waals surface area contributed by atoms with Gasteiger partial charge in [-0.3, -0.25) is 4.79 Å². The minimum Gasteiger partial charge on any atom is -0.397 e. The molecule has 2 rings (SSSR count). The number of nitrogens with zero attached hydrogens (tertiary/aromatic N) is 2. The number of hydrogen-bond acceptors (Lipinski definition) is 3. The van der Waals surface area contributed by atoms with Crippen LogP contribution in [0.3, 0.4) is 0 Å². The van der Waals surface area contributed by atoms with E-state index in [9.17, 15) is 9.18 Å². The Bertz CT molecular complexity index is 466. The Kier molecular flexibility index (Phi) is 3.41. The largest absolute Gasteiger partial charge is 0.397 e. The van der Waals surface area contributed by atoms with E-state index in [1.54, 1.807) is 18.0 Å². The zero-order valence-electron chi connectivity index (χ0n) is 9.41. The van der Waals surface area contributed by atoms with Crippen LogP contribution in [0, 0.1) is 9.39 Å². The van der Waals surface area contributed by atoms with Crippen LogP contribution >= 0.6 is 22.6 Å². The van der Waals surface area contributed by atoms with E-state index < -0.39 is 0 Å². The number of nitrogens with two attached hydrogens (primary N) is 1. The lowest BCUT2D eigenvalue weighted by Gasteiger charge is -2.34. The van der Waals surface area contributed by atoms with Crippen LogP contribution in [0.15, 0.2) is 12.1 Å². The second-order valence-electron chi connectivity index (χ2n) is 4.06. The second kappa shape index (κ2) is 4.67. The summed E-state index contributed by atoms with van der Waals surface area (Å²) in [7, 11) is 1.76. The predicted molar refractivity (Wildman–Crippen MR) is 73.4 cm³/mol. The second-order valence-corrected chi connectivity index (χ2v) is 5.22. The molecule has 1 amide bonds. The van der Waals surface area contributed by atoms with Gasteiger partial charge in [-0.2, -0.15) is 0 Å². The van der Waals surface area contributed by atoms with Gasteiger partial charge in [0.15, 0.2) is 0 Å². The molecule has 6 heteroatoms. The third-order valence-corrected chi connectivity index (χ3v) is 3.69. The number of anilines is 2. The van der Waals surface area contributed by atoms with Gasteiger partial charge < -0.3 is 15.5 Å². The van der Waals surface area contributed by atoms with E-state index in [1.807, 2.05) is 27.5 Å². The number of rotatable bonds is 1. The van der Waals surface area contributed by atoms with E-state index in [1.165, 1.54) is 6.07 Å². The zero-order chi connectivity index (χ0) is 12.6. The quantitative estimate of drug-likeness (QED) is 0.614. The number of carbonyl (C=O) groups is 1. The Morgan fingerprint density at radius 2 is 2.12 bits per heavy atom. The van der Waals surface area contributed by atoms with Crippen molar-refractivity contribution >= 4 is 39.9 Å². The van der Waals surface area contributed by atoms with Gasteiger partial charge in [-0.15, -0.1) is 0 Å². The van der Waals surface area contributed by atoms with Crippen LogP contribution in [0.4, 0.5) is 15.8 Å². The Labute approximate surface area is 113 Å². The van der Waals surface area contributed by atoms with Crippen molar-refractivity contribution in [3.8, 4) is 0 Å². The van der Waals surface area contributed by atoms with Gasteiger partial charge in [0.2, 0.25) is 5.91 Å². The normalized spacial score (nSPS) is 16.5. The topological polar surface area (TPSA) is 49.6 Å². The highest BCUT2D eigenvalue weighted by atomic mass is 127. The number of hydrogen-bond donors (Lipinski definition) is 1. The van der Waals surface area contributed by atoms with Crippen molar-refractivity contribution in [3.63, 3.8) is 0 Å². The molecule has 0 radical (unpaired) electrons. The van der Waals surface area contributed by atoms with E-state index in [2.05, 4.69) is 0 Å². The van der Waals surface area contributed by atoms with Crippen molar-refractivity contribution in [2.24, 2.45) is 0 Å². The monoisotopic (exact) mass is 349 g/mol. The van der Waals surface area contributed by atoms with Gasteiger partial charge >= 0.3 is 0 Å². The summed E-state index contributed by atoms with van der Waals surface area (Å²) in [5.41, 5.74) is 6.97. The summed E-state index contributed by atoms with van der Waals surface area (Å²) in [6.45, 7) is 1.55. The number of benzene rings is 1. The van der Waals surface area contributed by atoms with Gasteiger partial charge in [-0.1, -0.05) is 0 Å². The minimum atomic E-state index is -0.304. The molecular formula is C11H13FIN3O. The third kappa shape index (κ3) is 2.46. The number of piperazine rings is 1. The molecule has 1 aromatic rings. The molecule has 1 saturated heterocycles. The summed E-state index contributed by atoms with van der Waals surface area (Å²) in [4.78, 5) is 15.1. The van der Waals surface area contributed by atoms with Gasteiger partial charge in [0.1, 0.15) is 5.82 Å². The summed E-state index contributed by atoms with van der Waals surface area (Å²) < 4.78 is 14.0. The summed E-state index contributed by atoms with van der Waals surface area (Å²) >= 11 is 1.90. The molecule has 0 aliphatic carbocycles. The summed E-state index contributed by atoms with van der Waals surface area (Å²) in [5, 5.41) is 0. The Morgan fingerprint density at radius 3 is 2.76 bits per heavy atom. The fourth-order valence-corrected chi connectivity index (χ4v) is 2.28. The van der Waals surface area contributed by atoms with E-state index >= 15 is 0 Å². The fraction of sp³-hybridized carbons (Fsp3) is 0.364. The van der Waals surface area contributed by atoms with Gasteiger partial charge in [-0.05, 0) is 28.7 Å². The number of carbonyl (C=O) groups excluding carboxylic acids is 1. The van der Waals surface area contributed by atoms with Gasteiger partial charge in [-0.25, -0.2) is 4.39 Å². The maximum atomic E-state index is 13.5. The molecule has 0 aromatic heterocycles. The lowest BCUT2D eigenvalue weighted by molar-refractivity contribution is -0.129. The number of amides is 1. The van der Waals surface area contributed by atoms with Crippen molar-refractivity contribution < 1.29 is 9.18 Å². The van der Waals surface area contributed by atoms with Crippen LogP contribution in [0.5, 0.6) is 0 Å². The first kappa shape index (κ1) is 12.4. The molecule has 0 atom stereocenters. The number of nitrogen functional groups attached to an aromatic ring is 1. The first-order valence-corrected chi connectivity index (χ1v) is 6.30.